The molecule has 5 nitrogen and oxygen atoms in total. The van der Waals surface area contributed by atoms with E-state index >= 15 is 0 Å². The lowest BCUT2D eigenvalue weighted by atomic mass is 9.50. The number of rotatable bonds is 13. The van der Waals surface area contributed by atoms with Crippen LogP contribution in [-0.4, -0.2) is 66.4 Å². The van der Waals surface area contributed by atoms with E-state index in [2.05, 4.69) is 54.0 Å². The summed E-state index contributed by atoms with van der Waals surface area (Å²) in [6.45, 7) is 9.41. The molecule has 2 heterocycles. The van der Waals surface area contributed by atoms with E-state index in [1.165, 1.54) is 75.5 Å². The van der Waals surface area contributed by atoms with Crippen molar-refractivity contribution in [2.24, 2.45) is 17.8 Å². The van der Waals surface area contributed by atoms with E-state index in [1.807, 2.05) is 6.07 Å². The molecular formula is C37H52N2O3. The molecule has 1 spiro atoms. The van der Waals surface area contributed by atoms with Crippen LogP contribution in [-0.2, 0) is 18.3 Å². The Morgan fingerprint density at radius 1 is 1.07 bits per heavy atom. The van der Waals surface area contributed by atoms with Crippen molar-refractivity contribution >= 4 is 0 Å². The Kier molecular flexibility index (Phi) is 7.94. The molecule has 1 N–H and O–H groups in total. The van der Waals surface area contributed by atoms with Gasteiger partial charge in [0.1, 0.15) is 11.9 Å². The quantitative estimate of drug-likeness (QED) is 0.263. The summed E-state index contributed by atoms with van der Waals surface area (Å²) in [4.78, 5) is 5.63. The predicted octanol–water partition coefficient (Wildman–Crippen LogP) is 6.98. The van der Waals surface area contributed by atoms with Crippen LogP contribution in [0.1, 0.15) is 88.3 Å². The highest BCUT2D eigenvalue weighted by Gasteiger charge is 2.67. The fourth-order valence-electron chi connectivity index (χ4n) is 9.54. The summed E-state index contributed by atoms with van der Waals surface area (Å²) < 4.78 is 13.0. The fraction of sp³-hybridized carbons (Fsp3) is 0.676. The average Bonchev–Trinajstić information content (AvgIpc) is 3.74. The number of hydrogen-bond acceptors (Lipinski definition) is 5. The van der Waals surface area contributed by atoms with Gasteiger partial charge in [0.15, 0.2) is 11.5 Å². The maximum atomic E-state index is 11.3. The third-order valence-corrected chi connectivity index (χ3v) is 11.5. The molecule has 3 fully saturated rings. The first kappa shape index (κ1) is 28.5. The van der Waals surface area contributed by atoms with Crippen molar-refractivity contribution in [3.05, 3.63) is 53.1 Å². The summed E-state index contributed by atoms with van der Waals surface area (Å²) in [5, 5.41) is 11.3. The van der Waals surface area contributed by atoms with Crippen LogP contribution in [0.4, 0.5) is 0 Å². The van der Waals surface area contributed by atoms with Crippen LogP contribution < -0.4 is 9.47 Å². The summed E-state index contributed by atoms with van der Waals surface area (Å²) in [5.74, 6) is 4.21. The Morgan fingerprint density at radius 2 is 1.88 bits per heavy atom. The van der Waals surface area contributed by atoms with E-state index in [4.69, 9.17) is 9.47 Å². The predicted molar refractivity (Wildman–Crippen MR) is 169 cm³/mol. The monoisotopic (exact) mass is 572 g/mol. The highest BCUT2D eigenvalue weighted by molar-refractivity contribution is 5.65. The minimum Gasteiger partial charge on any atom is -0.508 e. The van der Waals surface area contributed by atoms with Gasteiger partial charge in [-0.15, -0.1) is 0 Å². The van der Waals surface area contributed by atoms with Gasteiger partial charge < -0.3 is 14.6 Å². The molecule has 5 aliphatic rings. The minimum atomic E-state index is -0.00646. The van der Waals surface area contributed by atoms with Gasteiger partial charge in [0, 0.05) is 47.8 Å². The first-order valence-corrected chi connectivity index (χ1v) is 17.1. The number of phenolic OH excluding ortho intramolecular Hbond substituents is 1. The van der Waals surface area contributed by atoms with Crippen molar-refractivity contribution in [1.29, 1.82) is 0 Å². The SMILES string of the molecule is COc1cc(O)c2c3c1O[C@H]1[C@H](N(CCCCCCc4ccccc4)CC(C)C)CC[C@H]4[C@@H](C2)N(CC2CC2)CC[C@@]341. The van der Waals surface area contributed by atoms with Crippen LogP contribution in [0.25, 0.3) is 0 Å². The number of unbranched alkanes of at least 4 members (excludes halogenated alkanes) is 3. The molecule has 228 valence electrons. The Morgan fingerprint density at radius 3 is 2.64 bits per heavy atom. The van der Waals surface area contributed by atoms with E-state index in [-0.39, 0.29) is 11.5 Å². The van der Waals surface area contributed by atoms with Crippen LogP contribution in [0.3, 0.4) is 0 Å². The second-order valence-corrected chi connectivity index (χ2v) is 14.6. The third-order valence-electron chi connectivity index (χ3n) is 11.5. The lowest BCUT2D eigenvalue weighted by Gasteiger charge is -2.60. The van der Waals surface area contributed by atoms with Crippen molar-refractivity contribution in [3.8, 4) is 17.2 Å². The number of piperidine rings is 1. The minimum absolute atomic E-state index is 0.00646. The smallest absolute Gasteiger partial charge is 0.166 e. The molecule has 0 radical (unpaired) electrons. The molecule has 2 aromatic carbocycles. The number of likely N-dealkylation sites (tertiary alicyclic amines) is 1. The number of benzene rings is 2. The number of ether oxygens (including phenoxy) is 2. The van der Waals surface area contributed by atoms with Crippen molar-refractivity contribution in [3.63, 3.8) is 0 Å². The van der Waals surface area contributed by atoms with Gasteiger partial charge in [0.2, 0.25) is 0 Å². The summed E-state index contributed by atoms with van der Waals surface area (Å²) in [6.07, 6.45) is 13.8. The molecule has 2 aromatic rings. The largest absolute Gasteiger partial charge is 0.508 e. The van der Waals surface area contributed by atoms with E-state index in [9.17, 15) is 5.11 Å². The number of hydrogen-bond donors (Lipinski definition) is 1. The van der Waals surface area contributed by atoms with Gasteiger partial charge in [0.05, 0.1) is 7.11 Å². The molecule has 0 aromatic heterocycles. The van der Waals surface area contributed by atoms with Crippen LogP contribution in [0.5, 0.6) is 17.2 Å². The molecule has 7 rings (SSSR count). The van der Waals surface area contributed by atoms with Crippen LogP contribution in [0, 0.1) is 17.8 Å². The van der Waals surface area contributed by atoms with Crippen molar-refractivity contribution < 1.29 is 14.6 Å². The van der Waals surface area contributed by atoms with Crippen molar-refractivity contribution in [2.75, 3.05) is 33.3 Å². The second kappa shape index (κ2) is 11.7. The normalized spacial score (nSPS) is 29.5. The molecule has 1 saturated heterocycles. The topological polar surface area (TPSA) is 45.2 Å². The zero-order valence-electron chi connectivity index (χ0n) is 26.2. The first-order chi connectivity index (χ1) is 20.5. The van der Waals surface area contributed by atoms with Gasteiger partial charge in [-0.2, -0.15) is 0 Å². The summed E-state index contributed by atoms with van der Waals surface area (Å²) in [7, 11) is 1.72. The Labute approximate surface area is 253 Å². The van der Waals surface area contributed by atoms with E-state index in [1.54, 1.807) is 7.11 Å². The van der Waals surface area contributed by atoms with Gasteiger partial charge in [0.25, 0.3) is 0 Å². The lowest BCUT2D eigenvalue weighted by molar-refractivity contribution is -0.0910. The summed E-state index contributed by atoms with van der Waals surface area (Å²) >= 11 is 0. The van der Waals surface area contributed by atoms with Crippen molar-refractivity contribution in [1.82, 2.24) is 9.80 Å². The molecule has 3 aliphatic carbocycles. The molecular weight excluding hydrogens is 520 g/mol. The van der Waals surface area contributed by atoms with Gasteiger partial charge in [-0.3, -0.25) is 9.80 Å². The Bertz CT molecular complexity index is 1240. The number of aromatic hydroxyl groups is 1. The van der Waals surface area contributed by atoms with Crippen LogP contribution in [0.15, 0.2) is 36.4 Å². The molecule has 0 unspecified atom stereocenters. The Balaban J connectivity index is 1.12. The maximum absolute atomic E-state index is 11.3. The highest BCUT2D eigenvalue weighted by atomic mass is 16.5. The highest BCUT2D eigenvalue weighted by Crippen LogP contribution is 2.65. The summed E-state index contributed by atoms with van der Waals surface area (Å²) in [6, 6.07) is 13.7. The second-order valence-electron chi connectivity index (χ2n) is 14.6. The van der Waals surface area contributed by atoms with Crippen LogP contribution in [0.2, 0.25) is 0 Å². The lowest BCUT2D eigenvalue weighted by Crippen LogP contribution is -2.69. The van der Waals surface area contributed by atoms with Crippen LogP contribution >= 0.6 is 0 Å². The number of aryl methyl sites for hydroxylation is 1. The maximum Gasteiger partial charge on any atom is 0.166 e. The van der Waals surface area contributed by atoms with E-state index in [0.717, 1.165) is 55.5 Å². The van der Waals surface area contributed by atoms with Crippen molar-refractivity contribution in [2.45, 2.75) is 108 Å². The first-order valence-electron chi connectivity index (χ1n) is 17.1. The molecule has 2 aliphatic heterocycles. The van der Waals surface area contributed by atoms with E-state index in [0.29, 0.717) is 29.7 Å². The average molecular weight is 573 g/mol. The zero-order chi connectivity index (χ0) is 28.8. The Hall–Kier alpha value is -2.24. The molecule has 5 atom stereocenters. The number of methoxy groups -OCH3 is 1. The van der Waals surface area contributed by atoms with Gasteiger partial charge in [-0.25, -0.2) is 0 Å². The summed E-state index contributed by atoms with van der Waals surface area (Å²) in [5.41, 5.74) is 3.94. The van der Waals surface area contributed by atoms with Gasteiger partial charge in [-0.05, 0) is 94.2 Å². The zero-order valence-corrected chi connectivity index (χ0v) is 26.2. The molecule has 2 bridgehead atoms. The number of nitrogens with zero attached hydrogens (tertiary/aromatic N) is 2. The van der Waals surface area contributed by atoms with Gasteiger partial charge in [-0.1, -0.05) is 57.0 Å². The molecule has 0 amide bonds. The van der Waals surface area contributed by atoms with Gasteiger partial charge >= 0.3 is 0 Å². The molecule has 5 heteroatoms. The van der Waals surface area contributed by atoms with E-state index < -0.39 is 0 Å². The molecule has 2 saturated carbocycles. The standard InChI is InChI=1S/C37H52N2O3/c1-25(2)23-38(19-10-5-4-7-11-26-12-8-6-9-13-26)30-17-16-29-31-21-28-32(40)22-33(41-3)35-34(28)37(29,36(30)42-35)18-20-39(31)24-27-14-15-27/h6,8-9,12-13,22,25,27,29-31,36,40H,4-5,7,10-11,14-21,23-24H2,1-3H3/t29-,30+,31+,36-,37-/m0/s1. The molecule has 42 heavy (non-hydrogen) atoms. The fourth-order valence-corrected chi connectivity index (χ4v) is 9.54. The number of phenols is 1. The third kappa shape index (κ3) is 5.03.